The highest BCUT2D eigenvalue weighted by molar-refractivity contribution is 5.98. The van der Waals surface area contributed by atoms with Gasteiger partial charge in [0.15, 0.2) is 6.10 Å². The predicted octanol–water partition coefficient (Wildman–Crippen LogP) is 2.05. The molecule has 4 atom stereocenters. The van der Waals surface area contributed by atoms with Crippen LogP contribution in [0.15, 0.2) is 84.9 Å². The van der Waals surface area contributed by atoms with Crippen LogP contribution in [0.4, 0.5) is 0 Å². The van der Waals surface area contributed by atoms with Gasteiger partial charge in [0.05, 0.1) is 11.6 Å². The number of amides is 4. The monoisotopic (exact) mass is 602 g/mol. The van der Waals surface area contributed by atoms with E-state index in [1.54, 1.807) is 56.3 Å². The number of aliphatic hydroxyl groups excluding tert-OH is 1. The molecule has 11 heteroatoms. The van der Waals surface area contributed by atoms with Crippen LogP contribution < -0.4 is 21.3 Å². The first-order chi connectivity index (χ1) is 21.0. The Bertz CT molecular complexity index is 1450. The molecule has 0 radical (unpaired) electrons. The highest BCUT2D eigenvalue weighted by Gasteiger charge is 2.32. The molecule has 0 aliphatic carbocycles. The van der Waals surface area contributed by atoms with E-state index in [2.05, 4.69) is 21.3 Å². The second kappa shape index (κ2) is 16.0. The molecular formula is C33H38N4O7. The summed E-state index contributed by atoms with van der Waals surface area (Å²) in [5.41, 5.74) is 1.77. The Hall–Kier alpha value is -5.03. The molecule has 6 N–H and O–H groups in total. The number of benzene rings is 3. The first kappa shape index (κ1) is 33.5. The zero-order valence-electron chi connectivity index (χ0n) is 24.8. The van der Waals surface area contributed by atoms with E-state index in [9.17, 15) is 29.1 Å². The fourth-order valence-corrected chi connectivity index (χ4v) is 4.44. The van der Waals surface area contributed by atoms with Gasteiger partial charge >= 0.3 is 5.97 Å². The minimum Gasteiger partial charge on any atom is -0.478 e. The molecule has 4 amide bonds. The van der Waals surface area contributed by atoms with Crippen molar-refractivity contribution in [3.8, 4) is 0 Å². The third kappa shape index (κ3) is 9.77. The second-order valence-electron chi connectivity index (χ2n) is 10.8. The summed E-state index contributed by atoms with van der Waals surface area (Å²) >= 11 is 0. The highest BCUT2D eigenvalue weighted by Crippen LogP contribution is 2.11. The molecule has 0 fully saturated rings. The number of carbonyl (C=O) groups is 5. The fraction of sp³-hybridized carbons (Fsp3) is 0.303. The standard InChI is InChI=1S/C33H38N4O7/c1-20(2)27(28(38)32(42)34-19-23-13-10-16-25(17-23)33(43)44)37-29(39)21(3)35-31(41)26(18-22-11-6-4-7-12-22)36-30(40)24-14-8-5-9-15-24/h4-17,20-21,26-28,38H,18-19H2,1-3H3,(H,34,42)(H,35,41)(H,36,40)(H,37,39)(H,43,44). The van der Waals surface area contributed by atoms with E-state index in [1.165, 1.54) is 19.1 Å². The molecule has 0 aromatic heterocycles. The molecule has 0 saturated heterocycles. The van der Waals surface area contributed by atoms with Crippen LogP contribution in [-0.4, -0.2) is 64.0 Å². The summed E-state index contributed by atoms with van der Waals surface area (Å²) in [6.45, 7) is 4.87. The second-order valence-corrected chi connectivity index (χ2v) is 10.8. The Kier molecular flexibility index (Phi) is 12.2. The molecule has 3 rings (SSSR count). The minimum absolute atomic E-state index is 0.0280. The van der Waals surface area contributed by atoms with E-state index >= 15 is 0 Å². The number of aromatic carboxylic acids is 1. The van der Waals surface area contributed by atoms with Gasteiger partial charge in [-0.2, -0.15) is 0 Å². The van der Waals surface area contributed by atoms with Gasteiger partial charge in [0, 0.05) is 18.5 Å². The van der Waals surface area contributed by atoms with E-state index in [1.807, 2.05) is 30.3 Å². The third-order valence-electron chi connectivity index (χ3n) is 6.97. The zero-order chi connectivity index (χ0) is 32.2. The molecule has 11 nitrogen and oxygen atoms in total. The molecule has 0 heterocycles. The van der Waals surface area contributed by atoms with E-state index < -0.39 is 53.8 Å². The normalized spacial score (nSPS) is 13.6. The lowest BCUT2D eigenvalue weighted by Crippen LogP contribution is -2.58. The number of rotatable bonds is 14. The van der Waals surface area contributed by atoms with Crippen LogP contribution in [-0.2, 0) is 27.3 Å². The van der Waals surface area contributed by atoms with Gasteiger partial charge < -0.3 is 31.5 Å². The molecule has 0 bridgehead atoms. The van der Waals surface area contributed by atoms with Crippen molar-refractivity contribution < 1.29 is 34.2 Å². The maximum atomic E-state index is 13.3. The Morgan fingerprint density at radius 1 is 0.682 bits per heavy atom. The number of carbonyl (C=O) groups excluding carboxylic acids is 4. The van der Waals surface area contributed by atoms with Crippen molar-refractivity contribution in [1.82, 2.24) is 21.3 Å². The number of nitrogens with one attached hydrogen (secondary N) is 4. The molecule has 0 aliphatic heterocycles. The fourth-order valence-electron chi connectivity index (χ4n) is 4.44. The molecule has 3 aromatic carbocycles. The van der Waals surface area contributed by atoms with Crippen LogP contribution in [0, 0.1) is 5.92 Å². The van der Waals surface area contributed by atoms with Gasteiger partial charge in [0.1, 0.15) is 12.1 Å². The molecule has 232 valence electrons. The predicted molar refractivity (Wildman–Crippen MR) is 163 cm³/mol. The lowest BCUT2D eigenvalue weighted by molar-refractivity contribution is -0.135. The summed E-state index contributed by atoms with van der Waals surface area (Å²) in [4.78, 5) is 63.2. The highest BCUT2D eigenvalue weighted by atomic mass is 16.4. The van der Waals surface area contributed by atoms with Gasteiger partial charge in [-0.3, -0.25) is 19.2 Å². The third-order valence-corrected chi connectivity index (χ3v) is 6.97. The summed E-state index contributed by atoms with van der Waals surface area (Å²) in [6.07, 6.45) is -1.44. The summed E-state index contributed by atoms with van der Waals surface area (Å²) < 4.78 is 0. The lowest BCUT2D eigenvalue weighted by Gasteiger charge is -2.28. The van der Waals surface area contributed by atoms with Gasteiger partial charge in [-0.25, -0.2) is 4.79 Å². The van der Waals surface area contributed by atoms with Crippen LogP contribution in [0.3, 0.4) is 0 Å². The van der Waals surface area contributed by atoms with E-state index in [4.69, 9.17) is 5.11 Å². The first-order valence-corrected chi connectivity index (χ1v) is 14.2. The summed E-state index contributed by atoms with van der Waals surface area (Å²) in [5.74, 6) is -3.88. The average Bonchev–Trinajstić information content (AvgIpc) is 3.02. The first-order valence-electron chi connectivity index (χ1n) is 14.2. The quantitative estimate of drug-likeness (QED) is 0.164. The van der Waals surface area contributed by atoms with Gasteiger partial charge in [0.25, 0.3) is 11.8 Å². The van der Waals surface area contributed by atoms with E-state index in [0.717, 1.165) is 5.56 Å². The largest absolute Gasteiger partial charge is 0.478 e. The number of hydrogen-bond donors (Lipinski definition) is 6. The number of aliphatic hydroxyl groups is 1. The Morgan fingerprint density at radius 3 is 1.89 bits per heavy atom. The van der Waals surface area contributed by atoms with E-state index in [0.29, 0.717) is 11.1 Å². The summed E-state index contributed by atoms with van der Waals surface area (Å²) in [5, 5.41) is 30.5. The number of carboxylic acid groups (broad SMARTS) is 1. The van der Waals surface area contributed by atoms with Crippen molar-refractivity contribution in [1.29, 1.82) is 0 Å². The van der Waals surface area contributed by atoms with Crippen LogP contribution in [0.1, 0.15) is 52.6 Å². The number of carboxylic acids is 1. The summed E-state index contributed by atoms with van der Waals surface area (Å²) in [7, 11) is 0. The van der Waals surface area contributed by atoms with Crippen molar-refractivity contribution in [3.63, 3.8) is 0 Å². The van der Waals surface area contributed by atoms with Gasteiger partial charge in [-0.1, -0.05) is 74.5 Å². The Balaban J connectivity index is 1.63. The van der Waals surface area contributed by atoms with Crippen molar-refractivity contribution in [2.75, 3.05) is 0 Å². The maximum absolute atomic E-state index is 13.3. The molecule has 3 aromatic rings. The van der Waals surface area contributed by atoms with Crippen LogP contribution in [0.2, 0.25) is 0 Å². The smallest absolute Gasteiger partial charge is 0.335 e. The Labute approximate surface area is 256 Å². The van der Waals surface area contributed by atoms with Crippen molar-refractivity contribution in [2.45, 2.75) is 58.0 Å². The summed E-state index contributed by atoms with van der Waals surface area (Å²) in [6, 6.07) is 20.6. The van der Waals surface area contributed by atoms with Crippen molar-refractivity contribution in [2.24, 2.45) is 5.92 Å². The SMILES string of the molecule is CC(NC(=O)C(Cc1ccccc1)NC(=O)c1ccccc1)C(=O)NC(C(C)C)C(O)C(=O)NCc1cccc(C(=O)O)c1. The maximum Gasteiger partial charge on any atom is 0.335 e. The van der Waals surface area contributed by atoms with Crippen LogP contribution in [0.5, 0.6) is 0 Å². The van der Waals surface area contributed by atoms with Crippen LogP contribution in [0.25, 0.3) is 0 Å². The van der Waals surface area contributed by atoms with Gasteiger partial charge in [-0.15, -0.1) is 0 Å². The molecule has 4 unspecified atom stereocenters. The van der Waals surface area contributed by atoms with Gasteiger partial charge in [0.2, 0.25) is 11.8 Å². The molecule has 0 saturated carbocycles. The lowest BCUT2D eigenvalue weighted by atomic mass is 9.97. The van der Waals surface area contributed by atoms with Crippen molar-refractivity contribution in [3.05, 3.63) is 107 Å². The number of hydrogen-bond acceptors (Lipinski definition) is 6. The average molecular weight is 603 g/mol. The van der Waals surface area contributed by atoms with Gasteiger partial charge in [-0.05, 0) is 48.2 Å². The zero-order valence-corrected chi connectivity index (χ0v) is 24.8. The molecular weight excluding hydrogens is 564 g/mol. The van der Waals surface area contributed by atoms with Crippen LogP contribution >= 0.6 is 0 Å². The molecule has 0 spiro atoms. The Morgan fingerprint density at radius 2 is 1.27 bits per heavy atom. The molecule has 0 aliphatic rings. The minimum atomic E-state index is -1.62. The van der Waals surface area contributed by atoms with Crippen molar-refractivity contribution >= 4 is 29.6 Å². The molecule has 44 heavy (non-hydrogen) atoms. The topological polar surface area (TPSA) is 174 Å². The van der Waals surface area contributed by atoms with E-state index in [-0.39, 0.29) is 24.4 Å².